The summed E-state index contributed by atoms with van der Waals surface area (Å²) in [6.07, 6.45) is 2.56. The van der Waals surface area contributed by atoms with Gasteiger partial charge >= 0.3 is 0 Å². The number of hydrogen-bond acceptors (Lipinski definition) is 2. The number of aryl methyl sites for hydroxylation is 1. The molecule has 1 aromatic carbocycles. The fraction of sp³-hybridized carbons (Fsp3) is 0.467. The van der Waals surface area contributed by atoms with E-state index in [-0.39, 0.29) is 11.9 Å². The Morgan fingerprint density at radius 2 is 2.05 bits per heavy atom. The summed E-state index contributed by atoms with van der Waals surface area (Å²) in [5.74, 6) is -0.0259. The molecule has 1 unspecified atom stereocenters. The molecular formula is C15H20N2OS. The van der Waals surface area contributed by atoms with Crippen LogP contribution in [-0.2, 0) is 4.79 Å². The summed E-state index contributed by atoms with van der Waals surface area (Å²) >= 11 is 5.07. The van der Waals surface area contributed by atoms with Crippen molar-refractivity contribution in [1.82, 2.24) is 5.32 Å². The van der Waals surface area contributed by atoms with Crippen molar-refractivity contribution in [2.24, 2.45) is 11.1 Å². The van der Waals surface area contributed by atoms with Crippen molar-refractivity contribution in [2.45, 2.75) is 39.2 Å². The lowest BCUT2D eigenvalue weighted by Crippen LogP contribution is -2.53. The largest absolute Gasteiger partial charge is 0.392 e. The van der Waals surface area contributed by atoms with E-state index in [9.17, 15) is 4.79 Å². The number of rotatable bonds is 4. The molecule has 0 saturated heterocycles. The second-order valence-electron chi connectivity index (χ2n) is 5.35. The molecule has 0 radical (unpaired) electrons. The molecule has 1 aromatic rings. The molecule has 3 nitrogen and oxygen atoms in total. The van der Waals surface area contributed by atoms with Crippen molar-refractivity contribution >= 4 is 23.1 Å². The summed E-state index contributed by atoms with van der Waals surface area (Å²) < 4.78 is 0. The van der Waals surface area contributed by atoms with Gasteiger partial charge in [-0.15, -0.1) is 0 Å². The smallest absolute Gasteiger partial charge is 0.233 e. The zero-order valence-corrected chi connectivity index (χ0v) is 12.2. The van der Waals surface area contributed by atoms with Gasteiger partial charge in [0.25, 0.3) is 0 Å². The normalized spacial score (nSPS) is 18.2. The maximum absolute atomic E-state index is 12.4. The maximum Gasteiger partial charge on any atom is 0.233 e. The first-order chi connectivity index (χ1) is 8.97. The Bertz CT molecular complexity index is 509. The predicted octanol–water partition coefficient (Wildman–Crippen LogP) is 2.63. The number of benzene rings is 1. The number of carbonyl (C=O) groups excluding carboxylic acids is 1. The second-order valence-corrected chi connectivity index (χ2v) is 5.79. The van der Waals surface area contributed by atoms with Crippen LogP contribution in [0.25, 0.3) is 0 Å². The maximum atomic E-state index is 12.4. The molecule has 1 fully saturated rings. The first-order valence-electron chi connectivity index (χ1n) is 6.64. The zero-order valence-electron chi connectivity index (χ0n) is 11.4. The van der Waals surface area contributed by atoms with Crippen molar-refractivity contribution in [2.75, 3.05) is 0 Å². The van der Waals surface area contributed by atoms with E-state index in [1.54, 1.807) is 0 Å². The lowest BCUT2D eigenvalue weighted by Gasteiger charge is -2.40. The van der Waals surface area contributed by atoms with Crippen LogP contribution in [0.3, 0.4) is 0 Å². The van der Waals surface area contributed by atoms with Crippen LogP contribution in [0.15, 0.2) is 24.3 Å². The Kier molecular flexibility index (Phi) is 3.90. The topological polar surface area (TPSA) is 55.1 Å². The van der Waals surface area contributed by atoms with Gasteiger partial charge in [-0.1, -0.05) is 42.9 Å². The molecule has 4 heteroatoms. The first kappa shape index (κ1) is 14.0. The highest BCUT2D eigenvalue weighted by molar-refractivity contribution is 7.80. The number of amides is 1. The second kappa shape index (κ2) is 5.29. The molecule has 1 saturated carbocycles. The Morgan fingerprint density at radius 3 is 2.53 bits per heavy atom. The highest BCUT2D eigenvalue weighted by Crippen LogP contribution is 2.42. The van der Waals surface area contributed by atoms with Crippen LogP contribution in [-0.4, -0.2) is 10.9 Å². The fourth-order valence-corrected chi connectivity index (χ4v) is 2.90. The monoisotopic (exact) mass is 276 g/mol. The van der Waals surface area contributed by atoms with Crippen molar-refractivity contribution in [3.8, 4) is 0 Å². The SMILES string of the molecule is Cc1ccccc1C(C)NC(=O)C1(C(N)=S)CCC1. The molecule has 102 valence electrons. The van der Waals surface area contributed by atoms with Crippen molar-refractivity contribution in [1.29, 1.82) is 0 Å². The summed E-state index contributed by atoms with van der Waals surface area (Å²) in [6, 6.07) is 8.03. The molecule has 3 N–H and O–H groups in total. The Hall–Kier alpha value is -1.42. The van der Waals surface area contributed by atoms with Gasteiger partial charge in [-0.05, 0) is 37.8 Å². The fourth-order valence-electron chi connectivity index (χ4n) is 2.60. The van der Waals surface area contributed by atoms with Crippen LogP contribution in [0.1, 0.15) is 43.4 Å². The van der Waals surface area contributed by atoms with Gasteiger partial charge in [-0.25, -0.2) is 0 Å². The lowest BCUT2D eigenvalue weighted by molar-refractivity contribution is -0.131. The van der Waals surface area contributed by atoms with E-state index in [4.69, 9.17) is 18.0 Å². The first-order valence-corrected chi connectivity index (χ1v) is 7.04. The summed E-state index contributed by atoms with van der Waals surface area (Å²) in [7, 11) is 0. The predicted molar refractivity (Wildman–Crippen MR) is 80.8 cm³/mol. The van der Waals surface area contributed by atoms with Gasteiger partial charge < -0.3 is 11.1 Å². The van der Waals surface area contributed by atoms with Gasteiger partial charge in [0.1, 0.15) is 0 Å². The van der Waals surface area contributed by atoms with Crippen LogP contribution >= 0.6 is 12.2 Å². The summed E-state index contributed by atoms with van der Waals surface area (Å²) in [4.78, 5) is 12.7. The van der Waals surface area contributed by atoms with Gasteiger partial charge in [-0.2, -0.15) is 0 Å². The Morgan fingerprint density at radius 1 is 1.42 bits per heavy atom. The molecular weight excluding hydrogens is 256 g/mol. The molecule has 0 aliphatic heterocycles. The quantitative estimate of drug-likeness (QED) is 0.831. The van der Waals surface area contributed by atoms with Crippen molar-refractivity contribution in [3.63, 3.8) is 0 Å². The van der Waals surface area contributed by atoms with Crippen molar-refractivity contribution < 1.29 is 4.79 Å². The van der Waals surface area contributed by atoms with Crippen LogP contribution in [0, 0.1) is 12.3 Å². The molecule has 1 aliphatic rings. The van der Waals surface area contributed by atoms with E-state index in [0.717, 1.165) is 24.8 Å². The lowest BCUT2D eigenvalue weighted by atomic mass is 9.68. The van der Waals surface area contributed by atoms with Gasteiger partial charge in [0.2, 0.25) is 5.91 Å². The van der Waals surface area contributed by atoms with Crippen LogP contribution in [0.5, 0.6) is 0 Å². The molecule has 0 heterocycles. The van der Waals surface area contributed by atoms with Crippen molar-refractivity contribution in [3.05, 3.63) is 35.4 Å². The highest BCUT2D eigenvalue weighted by atomic mass is 32.1. The third-order valence-electron chi connectivity index (χ3n) is 4.12. The van der Waals surface area contributed by atoms with Gasteiger partial charge in [0.15, 0.2) is 0 Å². The molecule has 2 rings (SSSR count). The standard InChI is InChI=1S/C15H20N2OS/c1-10-6-3-4-7-12(10)11(2)17-14(18)15(13(16)19)8-5-9-15/h3-4,6-7,11H,5,8-9H2,1-2H3,(H2,16,19)(H,17,18). The average Bonchev–Trinajstić information content (AvgIpc) is 2.26. The van der Waals surface area contributed by atoms with Gasteiger partial charge in [-0.3, -0.25) is 4.79 Å². The van der Waals surface area contributed by atoms with Crippen LogP contribution in [0.4, 0.5) is 0 Å². The summed E-state index contributed by atoms with van der Waals surface area (Å²) in [5, 5.41) is 3.05. The third kappa shape index (κ3) is 2.50. The molecule has 0 spiro atoms. The number of thiocarbonyl (C=S) groups is 1. The molecule has 1 atom stereocenters. The van der Waals surface area contributed by atoms with E-state index in [1.807, 2.05) is 38.1 Å². The minimum atomic E-state index is -0.605. The molecule has 19 heavy (non-hydrogen) atoms. The molecule has 0 bridgehead atoms. The van der Waals surface area contributed by atoms with E-state index >= 15 is 0 Å². The number of nitrogens with two attached hydrogens (primary N) is 1. The van der Waals surface area contributed by atoms with E-state index in [1.165, 1.54) is 5.56 Å². The molecule has 0 aromatic heterocycles. The zero-order chi connectivity index (χ0) is 14.0. The summed E-state index contributed by atoms with van der Waals surface area (Å²) in [5.41, 5.74) is 7.45. The minimum Gasteiger partial charge on any atom is -0.392 e. The average molecular weight is 276 g/mol. The van der Waals surface area contributed by atoms with Crippen LogP contribution < -0.4 is 11.1 Å². The molecule has 1 amide bonds. The van der Waals surface area contributed by atoms with Crippen LogP contribution in [0.2, 0.25) is 0 Å². The Balaban J connectivity index is 2.11. The van der Waals surface area contributed by atoms with Gasteiger partial charge in [0.05, 0.1) is 16.4 Å². The van der Waals surface area contributed by atoms with E-state index in [0.29, 0.717) is 4.99 Å². The molecule has 1 aliphatic carbocycles. The third-order valence-corrected chi connectivity index (χ3v) is 4.51. The minimum absolute atomic E-state index is 0.0259. The Labute approximate surface area is 119 Å². The van der Waals surface area contributed by atoms with Gasteiger partial charge in [0, 0.05) is 0 Å². The van der Waals surface area contributed by atoms with E-state index in [2.05, 4.69) is 5.32 Å². The van der Waals surface area contributed by atoms with E-state index < -0.39 is 5.41 Å². The number of carbonyl (C=O) groups is 1. The highest BCUT2D eigenvalue weighted by Gasteiger charge is 2.47. The summed E-state index contributed by atoms with van der Waals surface area (Å²) in [6.45, 7) is 4.04. The number of nitrogens with one attached hydrogen (secondary N) is 1. The number of hydrogen-bond donors (Lipinski definition) is 2.